The predicted octanol–water partition coefficient (Wildman–Crippen LogP) is 2.85. The van der Waals surface area contributed by atoms with E-state index >= 15 is 0 Å². The van der Waals surface area contributed by atoms with Gasteiger partial charge in [0.15, 0.2) is 0 Å². The van der Waals surface area contributed by atoms with Crippen LogP contribution in [-0.4, -0.2) is 37.0 Å². The topological polar surface area (TPSA) is 32.3 Å². The highest BCUT2D eigenvalue weighted by Crippen LogP contribution is 2.25. The molecule has 1 aromatic carbocycles. The molecule has 3 unspecified atom stereocenters. The van der Waals surface area contributed by atoms with Gasteiger partial charge in [-0.15, -0.1) is 0 Å². The number of rotatable bonds is 7. The van der Waals surface area contributed by atoms with E-state index in [1.165, 1.54) is 31.4 Å². The average Bonchev–Trinajstić information content (AvgIpc) is 2.49. The number of nitrogens with zero attached hydrogens (tertiary/aromatic N) is 1. The molecule has 0 aliphatic carbocycles. The molecule has 1 aromatic rings. The Morgan fingerprint density at radius 1 is 1.33 bits per heavy atom. The van der Waals surface area contributed by atoms with Crippen LogP contribution in [0, 0.1) is 5.92 Å². The Morgan fingerprint density at radius 2 is 2.10 bits per heavy atom. The van der Waals surface area contributed by atoms with Crippen molar-refractivity contribution in [1.82, 2.24) is 10.2 Å². The van der Waals surface area contributed by atoms with Crippen LogP contribution in [0.4, 0.5) is 0 Å². The summed E-state index contributed by atoms with van der Waals surface area (Å²) >= 11 is 0. The van der Waals surface area contributed by atoms with Gasteiger partial charge < -0.3 is 10.2 Å². The molecule has 0 radical (unpaired) electrons. The number of likely N-dealkylation sites (tertiary alicyclic amines) is 1. The van der Waals surface area contributed by atoms with Gasteiger partial charge in [0.1, 0.15) is 0 Å². The molecular formula is C18H28N2O. The van der Waals surface area contributed by atoms with Gasteiger partial charge in [0.25, 0.3) is 0 Å². The lowest BCUT2D eigenvalue weighted by Gasteiger charge is -2.38. The molecule has 1 N–H and O–H groups in total. The molecule has 1 heterocycles. The minimum absolute atomic E-state index is 0.232. The fourth-order valence-electron chi connectivity index (χ4n) is 3.63. The van der Waals surface area contributed by atoms with Gasteiger partial charge in [0, 0.05) is 12.1 Å². The number of amides is 1. The second-order valence-corrected chi connectivity index (χ2v) is 6.43. The third-order valence-corrected chi connectivity index (χ3v) is 4.77. The summed E-state index contributed by atoms with van der Waals surface area (Å²) in [7, 11) is 2.24. The van der Waals surface area contributed by atoms with Gasteiger partial charge in [-0.2, -0.15) is 0 Å². The lowest BCUT2D eigenvalue weighted by molar-refractivity contribution is -0.110. The number of piperidine rings is 1. The summed E-state index contributed by atoms with van der Waals surface area (Å²) in [5, 5.41) is 3.02. The molecule has 2 rings (SSSR count). The molecular weight excluding hydrogens is 260 g/mol. The molecule has 1 fully saturated rings. The smallest absolute Gasteiger partial charge is 0.207 e. The van der Waals surface area contributed by atoms with Crippen LogP contribution in [-0.2, 0) is 11.2 Å². The van der Waals surface area contributed by atoms with E-state index in [9.17, 15) is 4.79 Å². The maximum absolute atomic E-state index is 10.9. The molecule has 1 aliphatic rings. The fourth-order valence-corrected chi connectivity index (χ4v) is 3.63. The summed E-state index contributed by atoms with van der Waals surface area (Å²) in [6.07, 6.45) is 6.76. The summed E-state index contributed by atoms with van der Waals surface area (Å²) < 4.78 is 0. The zero-order valence-corrected chi connectivity index (χ0v) is 13.3. The highest BCUT2D eigenvalue weighted by molar-refractivity contribution is 5.46. The summed E-state index contributed by atoms with van der Waals surface area (Å²) in [4.78, 5) is 13.4. The minimum atomic E-state index is 0.232. The molecule has 3 nitrogen and oxygen atoms in total. The molecule has 21 heavy (non-hydrogen) atoms. The van der Waals surface area contributed by atoms with Gasteiger partial charge >= 0.3 is 0 Å². The molecule has 3 heteroatoms. The van der Waals surface area contributed by atoms with E-state index in [2.05, 4.69) is 48.5 Å². The normalized spacial score (nSPS) is 22.5. The van der Waals surface area contributed by atoms with Crippen LogP contribution < -0.4 is 5.32 Å². The summed E-state index contributed by atoms with van der Waals surface area (Å²) in [5.41, 5.74) is 1.29. The van der Waals surface area contributed by atoms with E-state index in [-0.39, 0.29) is 6.04 Å². The molecule has 0 saturated carbocycles. The van der Waals surface area contributed by atoms with Crippen molar-refractivity contribution in [3.63, 3.8) is 0 Å². The number of nitrogens with one attached hydrogen (secondary N) is 1. The van der Waals surface area contributed by atoms with Crippen molar-refractivity contribution in [2.45, 2.75) is 51.1 Å². The zero-order valence-electron chi connectivity index (χ0n) is 13.3. The Kier molecular flexibility index (Phi) is 6.24. The fraction of sp³-hybridized carbons (Fsp3) is 0.611. The van der Waals surface area contributed by atoms with Crippen molar-refractivity contribution in [3.8, 4) is 0 Å². The lowest BCUT2D eigenvalue weighted by atomic mass is 9.86. The summed E-state index contributed by atoms with van der Waals surface area (Å²) in [6.45, 7) is 3.54. The van der Waals surface area contributed by atoms with Crippen molar-refractivity contribution < 1.29 is 4.79 Å². The Hall–Kier alpha value is -1.35. The van der Waals surface area contributed by atoms with Gasteiger partial charge in [0.05, 0.1) is 0 Å². The van der Waals surface area contributed by atoms with Gasteiger partial charge in [-0.25, -0.2) is 0 Å². The SMILES string of the molecule is CC(CC(Cc1ccccc1)NC=O)C1CCCCN1C. The first-order chi connectivity index (χ1) is 10.2. The number of hydrogen-bond donors (Lipinski definition) is 1. The Balaban J connectivity index is 1.93. The van der Waals surface area contributed by atoms with E-state index < -0.39 is 0 Å². The van der Waals surface area contributed by atoms with Crippen molar-refractivity contribution in [2.75, 3.05) is 13.6 Å². The standard InChI is InChI=1S/C18H28N2O/c1-15(18-10-6-7-11-20(18)2)12-17(19-14-21)13-16-8-4-3-5-9-16/h3-5,8-9,14-15,17-18H,6-7,10-13H2,1-2H3,(H,19,21). The molecule has 1 amide bonds. The molecule has 116 valence electrons. The van der Waals surface area contributed by atoms with Crippen LogP contribution in [0.1, 0.15) is 38.2 Å². The summed E-state index contributed by atoms with van der Waals surface area (Å²) in [5.74, 6) is 0.608. The number of carbonyl (C=O) groups excluding carboxylic acids is 1. The average molecular weight is 288 g/mol. The van der Waals surface area contributed by atoms with E-state index in [4.69, 9.17) is 0 Å². The maximum atomic E-state index is 10.9. The second-order valence-electron chi connectivity index (χ2n) is 6.43. The van der Waals surface area contributed by atoms with Gasteiger partial charge in [-0.05, 0) is 50.8 Å². The van der Waals surface area contributed by atoms with Gasteiger partial charge in [0.2, 0.25) is 6.41 Å². The molecule has 1 saturated heterocycles. The lowest BCUT2D eigenvalue weighted by Crippen LogP contribution is -2.43. The third kappa shape index (κ3) is 4.85. The third-order valence-electron chi connectivity index (χ3n) is 4.77. The highest BCUT2D eigenvalue weighted by Gasteiger charge is 2.26. The number of benzene rings is 1. The Labute approximate surface area is 128 Å². The van der Waals surface area contributed by atoms with Crippen LogP contribution in [0.15, 0.2) is 30.3 Å². The van der Waals surface area contributed by atoms with E-state index in [1.807, 2.05) is 6.07 Å². The highest BCUT2D eigenvalue weighted by atomic mass is 16.1. The maximum Gasteiger partial charge on any atom is 0.207 e. The van der Waals surface area contributed by atoms with Crippen LogP contribution in [0.2, 0.25) is 0 Å². The van der Waals surface area contributed by atoms with E-state index in [1.54, 1.807) is 0 Å². The number of carbonyl (C=O) groups is 1. The van der Waals surface area contributed by atoms with E-state index in [0.717, 1.165) is 19.3 Å². The minimum Gasteiger partial charge on any atom is -0.356 e. The van der Waals surface area contributed by atoms with Gasteiger partial charge in [-0.1, -0.05) is 43.7 Å². The quantitative estimate of drug-likeness (QED) is 0.783. The predicted molar refractivity (Wildman–Crippen MR) is 87.2 cm³/mol. The first kappa shape index (κ1) is 16.0. The first-order valence-electron chi connectivity index (χ1n) is 8.14. The van der Waals surface area contributed by atoms with Crippen molar-refractivity contribution in [1.29, 1.82) is 0 Å². The van der Waals surface area contributed by atoms with Crippen molar-refractivity contribution >= 4 is 6.41 Å². The molecule has 0 spiro atoms. The molecule has 1 aliphatic heterocycles. The number of hydrogen-bond acceptors (Lipinski definition) is 2. The Bertz CT molecular complexity index is 420. The van der Waals surface area contributed by atoms with Crippen molar-refractivity contribution in [2.24, 2.45) is 5.92 Å². The van der Waals surface area contributed by atoms with Gasteiger partial charge in [-0.3, -0.25) is 4.79 Å². The van der Waals surface area contributed by atoms with E-state index in [0.29, 0.717) is 12.0 Å². The molecule has 0 aromatic heterocycles. The largest absolute Gasteiger partial charge is 0.356 e. The monoisotopic (exact) mass is 288 g/mol. The van der Waals surface area contributed by atoms with Crippen LogP contribution in [0.5, 0.6) is 0 Å². The Morgan fingerprint density at radius 3 is 2.76 bits per heavy atom. The van der Waals surface area contributed by atoms with Crippen molar-refractivity contribution in [3.05, 3.63) is 35.9 Å². The first-order valence-corrected chi connectivity index (χ1v) is 8.14. The van der Waals surface area contributed by atoms with Crippen LogP contribution in [0.25, 0.3) is 0 Å². The second kappa shape index (κ2) is 8.18. The van der Waals surface area contributed by atoms with Crippen LogP contribution >= 0.6 is 0 Å². The van der Waals surface area contributed by atoms with Crippen LogP contribution in [0.3, 0.4) is 0 Å². The zero-order chi connectivity index (χ0) is 15.1. The summed E-state index contributed by atoms with van der Waals surface area (Å²) in [6, 6.07) is 11.3. The molecule has 0 bridgehead atoms. The molecule has 3 atom stereocenters.